The second kappa shape index (κ2) is 6.75. The van der Waals surface area contributed by atoms with Crippen molar-refractivity contribution >= 4 is 29.6 Å². The molecule has 2 bridgehead atoms. The molecule has 24 heavy (non-hydrogen) atoms. The average molecular weight is 369 g/mol. The van der Waals surface area contributed by atoms with Crippen molar-refractivity contribution in [1.29, 1.82) is 0 Å². The molecule has 0 spiro atoms. The number of fused-ring (bicyclic) bond motifs is 4. The number of carbonyl (C=O) groups is 1. The highest BCUT2D eigenvalue weighted by molar-refractivity contribution is 7.98. The number of hydrogen-bond acceptors (Lipinski definition) is 2. The topological polar surface area (TPSA) is 23.6 Å². The predicted octanol–water partition coefficient (Wildman–Crippen LogP) is 5.06. The van der Waals surface area contributed by atoms with Crippen LogP contribution in [0.3, 0.4) is 0 Å². The molecule has 0 aliphatic heterocycles. The Bertz CT molecular complexity index is 549. The fraction of sp³-hybridized carbons (Fsp3) is 0.842. The molecule has 4 aliphatic carbocycles. The summed E-state index contributed by atoms with van der Waals surface area (Å²) in [5.41, 5.74) is 3.46. The number of hydrogen-bond donors (Lipinski definition) is 0. The largest absolute Gasteiger partial charge is 0.330 e. The van der Waals surface area contributed by atoms with Crippen LogP contribution in [0.15, 0.2) is 11.1 Å². The van der Waals surface area contributed by atoms with E-state index < -0.39 is 0 Å². The standard InChI is InChI=1S/C19H29ClN2OS/c1-21(2)19(23)22(24-18-9-4-3-8-16(18)20)17-11-12-10-15(17)14-7-5-6-13(12)14/h14-18H,3-11H2,1-2H3. The van der Waals surface area contributed by atoms with E-state index in [2.05, 4.69) is 4.31 Å². The second-order valence-electron chi connectivity index (χ2n) is 8.21. The van der Waals surface area contributed by atoms with Gasteiger partial charge < -0.3 is 4.90 Å². The Morgan fingerprint density at radius 2 is 1.92 bits per heavy atom. The summed E-state index contributed by atoms with van der Waals surface area (Å²) in [5, 5.41) is 0.599. The maximum absolute atomic E-state index is 13.0. The van der Waals surface area contributed by atoms with E-state index in [1.54, 1.807) is 28.0 Å². The van der Waals surface area contributed by atoms with Crippen molar-refractivity contribution in [3.8, 4) is 0 Å². The minimum absolute atomic E-state index is 0.159. The van der Waals surface area contributed by atoms with Gasteiger partial charge in [0.1, 0.15) is 0 Å². The summed E-state index contributed by atoms with van der Waals surface area (Å²) in [4.78, 5) is 14.7. The van der Waals surface area contributed by atoms with Crippen LogP contribution in [0, 0.1) is 11.8 Å². The van der Waals surface area contributed by atoms with Crippen LogP contribution in [0.5, 0.6) is 0 Å². The van der Waals surface area contributed by atoms with Crippen molar-refractivity contribution in [3.05, 3.63) is 11.1 Å². The minimum Gasteiger partial charge on any atom is -0.330 e. The first kappa shape index (κ1) is 17.1. The number of rotatable bonds is 3. The molecule has 2 amide bonds. The average Bonchev–Trinajstić information content (AvgIpc) is 3.26. The molecule has 5 unspecified atom stereocenters. The molecule has 3 fully saturated rings. The fourth-order valence-corrected chi connectivity index (χ4v) is 7.29. The number of halogens is 1. The van der Waals surface area contributed by atoms with E-state index in [0.29, 0.717) is 17.2 Å². The Morgan fingerprint density at radius 1 is 1.12 bits per heavy atom. The van der Waals surface area contributed by atoms with Crippen molar-refractivity contribution in [1.82, 2.24) is 9.21 Å². The highest BCUT2D eigenvalue weighted by atomic mass is 35.5. The Balaban J connectivity index is 1.54. The number of amides is 2. The normalized spacial score (nSPS) is 37.7. The first-order chi connectivity index (χ1) is 11.6. The molecular weight excluding hydrogens is 340 g/mol. The molecule has 5 heteroatoms. The Labute approximate surface area is 155 Å². The second-order valence-corrected chi connectivity index (χ2v) is 9.98. The molecule has 5 atom stereocenters. The predicted molar refractivity (Wildman–Crippen MR) is 101 cm³/mol. The molecule has 0 aromatic heterocycles. The monoisotopic (exact) mass is 368 g/mol. The summed E-state index contributed by atoms with van der Waals surface area (Å²) >= 11 is 8.37. The summed E-state index contributed by atoms with van der Waals surface area (Å²) in [7, 11) is 3.75. The van der Waals surface area contributed by atoms with Gasteiger partial charge in [-0.2, -0.15) is 0 Å². The molecule has 0 N–H and O–H groups in total. The van der Waals surface area contributed by atoms with Crippen molar-refractivity contribution < 1.29 is 4.79 Å². The van der Waals surface area contributed by atoms with Crippen LogP contribution in [0.25, 0.3) is 0 Å². The van der Waals surface area contributed by atoms with Gasteiger partial charge in [0.25, 0.3) is 0 Å². The van der Waals surface area contributed by atoms with Gasteiger partial charge in [-0.3, -0.25) is 4.31 Å². The summed E-state index contributed by atoms with van der Waals surface area (Å²) in [6.45, 7) is 0. The third-order valence-corrected chi connectivity index (χ3v) is 8.72. The molecule has 3 saturated carbocycles. The van der Waals surface area contributed by atoms with Gasteiger partial charge in [-0.15, -0.1) is 11.6 Å². The van der Waals surface area contributed by atoms with E-state index in [1.165, 1.54) is 38.5 Å². The van der Waals surface area contributed by atoms with E-state index >= 15 is 0 Å². The van der Waals surface area contributed by atoms with Gasteiger partial charge in [0.15, 0.2) is 0 Å². The lowest BCUT2D eigenvalue weighted by molar-refractivity contribution is 0.173. The van der Waals surface area contributed by atoms with Gasteiger partial charge in [0.2, 0.25) is 0 Å². The highest BCUT2D eigenvalue weighted by Crippen LogP contribution is 2.57. The van der Waals surface area contributed by atoms with E-state index in [9.17, 15) is 4.79 Å². The van der Waals surface area contributed by atoms with Crippen LogP contribution < -0.4 is 0 Å². The number of nitrogens with zero attached hydrogens (tertiary/aromatic N) is 2. The number of carbonyl (C=O) groups excluding carboxylic acids is 1. The van der Waals surface area contributed by atoms with E-state index in [0.717, 1.165) is 25.2 Å². The van der Waals surface area contributed by atoms with Gasteiger partial charge in [-0.25, -0.2) is 4.79 Å². The van der Waals surface area contributed by atoms with Crippen molar-refractivity contribution in [2.75, 3.05) is 14.1 Å². The molecule has 134 valence electrons. The summed E-state index contributed by atoms with van der Waals surface area (Å²) in [6.07, 6.45) is 11.1. The molecule has 0 aromatic carbocycles. The molecule has 4 rings (SSSR count). The highest BCUT2D eigenvalue weighted by Gasteiger charge is 2.50. The van der Waals surface area contributed by atoms with E-state index in [1.807, 2.05) is 14.1 Å². The zero-order valence-corrected chi connectivity index (χ0v) is 16.4. The van der Waals surface area contributed by atoms with E-state index in [-0.39, 0.29) is 11.4 Å². The van der Waals surface area contributed by atoms with Crippen molar-refractivity contribution in [2.45, 2.75) is 74.5 Å². The lowest BCUT2D eigenvalue weighted by atomic mass is 9.85. The molecule has 0 heterocycles. The number of alkyl halides is 1. The maximum atomic E-state index is 13.0. The van der Waals surface area contributed by atoms with Crippen molar-refractivity contribution in [2.24, 2.45) is 11.8 Å². The quantitative estimate of drug-likeness (QED) is 0.395. The smallest absolute Gasteiger partial charge is 0.329 e. The number of urea groups is 1. The van der Waals surface area contributed by atoms with Gasteiger partial charge in [-0.05, 0) is 68.7 Å². The molecule has 3 nitrogen and oxygen atoms in total. The van der Waals surface area contributed by atoms with Crippen molar-refractivity contribution in [3.63, 3.8) is 0 Å². The zero-order chi connectivity index (χ0) is 16.8. The lowest BCUT2D eigenvalue weighted by Gasteiger charge is -2.40. The fourth-order valence-electron chi connectivity index (χ4n) is 5.40. The first-order valence-electron chi connectivity index (χ1n) is 9.58. The van der Waals surface area contributed by atoms with Crippen LogP contribution in [0.1, 0.15) is 57.8 Å². The van der Waals surface area contributed by atoms with E-state index in [4.69, 9.17) is 11.6 Å². The molecule has 0 saturated heterocycles. The maximum Gasteiger partial charge on any atom is 0.329 e. The Morgan fingerprint density at radius 3 is 2.67 bits per heavy atom. The van der Waals surface area contributed by atoms with Crippen LogP contribution >= 0.6 is 23.5 Å². The lowest BCUT2D eigenvalue weighted by Crippen LogP contribution is -2.46. The third kappa shape index (κ3) is 2.88. The first-order valence-corrected chi connectivity index (χ1v) is 10.9. The van der Waals surface area contributed by atoms with Gasteiger partial charge in [0, 0.05) is 24.7 Å². The summed E-state index contributed by atoms with van der Waals surface area (Å²) in [6, 6.07) is 0.546. The Hall–Kier alpha value is -0.350. The van der Waals surface area contributed by atoms with Gasteiger partial charge in [-0.1, -0.05) is 24.0 Å². The van der Waals surface area contributed by atoms with Crippen LogP contribution in [-0.2, 0) is 0 Å². The summed E-state index contributed by atoms with van der Waals surface area (Å²) < 4.78 is 2.14. The van der Waals surface area contributed by atoms with Crippen LogP contribution in [-0.4, -0.2) is 46.0 Å². The third-order valence-electron chi connectivity index (χ3n) is 6.55. The zero-order valence-electron chi connectivity index (χ0n) is 14.8. The van der Waals surface area contributed by atoms with Crippen LogP contribution in [0.4, 0.5) is 4.79 Å². The van der Waals surface area contributed by atoms with Gasteiger partial charge in [0.05, 0.1) is 6.04 Å². The van der Waals surface area contributed by atoms with Crippen LogP contribution in [0.2, 0.25) is 0 Å². The summed E-state index contributed by atoms with van der Waals surface area (Å²) in [5.74, 6) is 1.45. The SMILES string of the molecule is CN(C)C(=O)N(SC1CCCCC1Cl)C1CC2=C3CCCC3C1C2. The molecule has 4 aliphatic rings. The molecule has 0 aromatic rings. The Kier molecular flexibility index (Phi) is 4.81. The van der Waals surface area contributed by atoms with Gasteiger partial charge >= 0.3 is 6.03 Å². The molecule has 0 radical (unpaired) electrons. The minimum atomic E-state index is 0.159. The molecular formula is C19H29ClN2OS. The number of allylic oxidation sites excluding steroid dienone is 1.